The molecule has 3 N–H and O–H groups in total. The number of nitrogens with zero attached hydrogens (tertiary/aromatic N) is 3. The normalized spacial score (nSPS) is 16.7. The molecule has 20 nitrogen and oxygen atoms in total. The maximum atomic E-state index is 15.6. The lowest BCUT2D eigenvalue weighted by molar-refractivity contribution is -0.136. The number of rotatable bonds is 26. The van der Waals surface area contributed by atoms with Crippen LogP contribution in [0.1, 0.15) is 69.2 Å². The number of imide groups is 2. The van der Waals surface area contributed by atoms with Gasteiger partial charge in [0.2, 0.25) is 17.6 Å². The number of methoxy groups -OCH3 is 1. The van der Waals surface area contributed by atoms with Crippen LogP contribution in [0.25, 0.3) is 22.2 Å². The molecule has 3 aliphatic heterocycles. The smallest absolute Gasteiger partial charge is 0.301 e. The third kappa shape index (κ3) is 14.3. The van der Waals surface area contributed by atoms with Crippen molar-refractivity contribution >= 4 is 56.3 Å². The second-order valence-corrected chi connectivity index (χ2v) is 18.8. The number of hydrogen-bond donors (Lipinski definition) is 3. The zero-order valence-electron chi connectivity index (χ0n) is 41.2. The van der Waals surface area contributed by atoms with Gasteiger partial charge in [0.1, 0.15) is 48.4 Å². The first-order chi connectivity index (χ1) is 36.2. The molecule has 2 atom stereocenters. The number of piperidine rings is 1. The van der Waals surface area contributed by atoms with Crippen molar-refractivity contribution in [3.05, 3.63) is 107 Å². The van der Waals surface area contributed by atoms with Crippen molar-refractivity contribution in [3.63, 3.8) is 0 Å². The summed E-state index contributed by atoms with van der Waals surface area (Å²) in [6.45, 7) is 6.54. The zero-order chi connectivity index (χ0) is 53.5. The van der Waals surface area contributed by atoms with Crippen molar-refractivity contribution in [1.29, 1.82) is 0 Å². The van der Waals surface area contributed by atoms with Gasteiger partial charge in [0.15, 0.2) is 5.82 Å². The number of nitrogens with one attached hydrogen (secondary N) is 3. The van der Waals surface area contributed by atoms with Gasteiger partial charge in [-0.05, 0) is 73.4 Å². The summed E-state index contributed by atoms with van der Waals surface area (Å²) in [7, 11) is -2.73. The minimum absolute atomic E-state index is 0.00541. The summed E-state index contributed by atoms with van der Waals surface area (Å²) < 4.78 is 110. The number of carbonyl (C=O) groups is 5. The molecule has 5 aromatic rings. The lowest BCUT2D eigenvalue weighted by Gasteiger charge is -2.27. The van der Waals surface area contributed by atoms with Crippen molar-refractivity contribution < 1.29 is 78.7 Å². The highest BCUT2D eigenvalue weighted by Gasteiger charge is 2.45. The average molecular weight is 1070 g/mol. The molecule has 2 saturated heterocycles. The fourth-order valence-electron chi connectivity index (χ4n) is 8.08. The molecule has 0 radical (unpaired) electrons. The van der Waals surface area contributed by atoms with Crippen LogP contribution in [0.3, 0.4) is 0 Å². The number of ketones is 1. The Hall–Kier alpha value is -6.80. The van der Waals surface area contributed by atoms with Crippen molar-refractivity contribution in [2.45, 2.75) is 44.8 Å². The van der Waals surface area contributed by atoms with Crippen LogP contribution in [0.15, 0.2) is 73.1 Å². The number of halogens is 3. The molecule has 75 heavy (non-hydrogen) atoms. The Bertz CT molecular complexity index is 2940. The molecule has 24 heteroatoms. The number of anilines is 1. The maximum absolute atomic E-state index is 15.6. The first-order valence-electron chi connectivity index (χ1n) is 24.1. The summed E-state index contributed by atoms with van der Waals surface area (Å²) in [5.41, 5.74) is 0.456. The second-order valence-electron chi connectivity index (χ2n) is 17.1. The highest BCUT2D eigenvalue weighted by Crippen LogP contribution is 2.33. The van der Waals surface area contributed by atoms with Crippen molar-refractivity contribution in [2.24, 2.45) is 0 Å². The topological polar surface area (TPSA) is 243 Å². The molecule has 0 aliphatic carbocycles. The van der Waals surface area contributed by atoms with Crippen molar-refractivity contribution in [1.82, 2.24) is 24.5 Å². The van der Waals surface area contributed by atoms with Gasteiger partial charge in [-0.2, -0.15) is 12.7 Å². The van der Waals surface area contributed by atoms with Crippen LogP contribution >= 0.6 is 0 Å². The highest BCUT2D eigenvalue weighted by atomic mass is 32.2. The number of fused-ring (bicyclic) bond motifs is 2. The molecule has 1 unspecified atom stereocenters. The van der Waals surface area contributed by atoms with E-state index in [0.717, 1.165) is 33.3 Å². The van der Waals surface area contributed by atoms with Gasteiger partial charge in [0, 0.05) is 62.1 Å². The maximum Gasteiger partial charge on any atom is 0.301 e. The molecule has 0 bridgehead atoms. The van der Waals surface area contributed by atoms with E-state index >= 15 is 4.39 Å². The van der Waals surface area contributed by atoms with Gasteiger partial charge >= 0.3 is 10.2 Å². The quantitative estimate of drug-likeness (QED) is 0.0356. The van der Waals surface area contributed by atoms with Crippen LogP contribution in [0, 0.1) is 11.6 Å². The molecule has 3 aliphatic rings. The van der Waals surface area contributed by atoms with Crippen LogP contribution in [0.5, 0.6) is 11.5 Å². The number of amides is 4. The molecule has 402 valence electrons. The van der Waals surface area contributed by atoms with Crippen molar-refractivity contribution in [3.8, 4) is 22.6 Å². The Kier molecular flexibility index (Phi) is 19.8. The summed E-state index contributed by atoms with van der Waals surface area (Å²) in [6, 6.07) is 14.1. The molecule has 2 fully saturated rings. The van der Waals surface area contributed by atoms with E-state index < -0.39 is 74.7 Å². The van der Waals surface area contributed by atoms with Gasteiger partial charge in [0.05, 0.1) is 75.2 Å². The van der Waals surface area contributed by atoms with E-state index in [-0.39, 0.29) is 49.0 Å². The van der Waals surface area contributed by atoms with E-state index in [1.165, 1.54) is 18.3 Å². The zero-order valence-corrected chi connectivity index (χ0v) is 42.0. The fourth-order valence-corrected chi connectivity index (χ4v) is 9.35. The summed E-state index contributed by atoms with van der Waals surface area (Å²) >= 11 is 0. The third-order valence-electron chi connectivity index (χ3n) is 11.9. The van der Waals surface area contributed by atoms with Gasteiger partial charge < -0.3 is 38.1 Å². The van der Waals surface area contributed by atoms with E-state index in [9.17, 15) is 41.2 Å². The Morgan fingerprint density at radius 1 is 0.773 bits per heavy atom. The predicted molar refractivity (Wildman–Crippen MR) is 264 cm³/mol. The Morgan fingerprint density at radius 2 is 1.41 bits per heavy atom. The van der Waals surface area contributed by atoms with Crippen LogP contribution < -0.4 is 19.5 Å². The molecule has 4 amide bonds. The fraction of sp³-hybridized carbons (Fsp3) is 0.412. The summed E-state index contributed by atoms with van der Waals surface area (Å²) in [5.74, 6) is -4.63. The van der Waals surface area contributed by atoms with Crippen LogP contribution in [0.2, 0.25) is 0 Å². The SMILES string of the molecule is CCCOCCOc1ccc2c(c1)C(=O)N(C1CCC(=O)NC1=O)C2=O.COCCOCCOCCOCCOc1ccc(-c2cnc3[nH]cc(C(=O)c4c(F)ccc(NS(=O)(=O)N5CC[C@@H](F)C5)c4F)c3c2)cc1. The molecule has 0 saturated carbocycles. The Balaban J connectivity index is 0.000000264. The highest BCUT2D eigenvalue weighted by molar-refractivity contribution is 7.90. The lowest BCUT2D eigenvalue weighted by atomic mass is 10.00. The number of pyridine rings is 1. The minimum atomic E-state index is -4.34. The standard InChI is InChI=1S/C33H37F3N4O8S.C18H20N2O6/c1-44-10-11-45-12-13-46-14-15-47-16-17-48-25-4-2-22(3-5-25)23-18-26-27(20-38-33(26)37-19-23)32(41)30-28(35)6-7-29(31(30)36)39-49(42,43)40-9-8-24(34)21-40;1-2-7-25-8-9-26-11-3-4-12-13(10-11)18(24)20(17(12)23)14-5-6-15(21)19-16(14)22/h2-7,18-20,24,39H,8-17,21H2,1H3,(H,37,38);3-4,10,14H,2,5-9H2,1H3,(H,19,21,22)/t24-;/m1./s1. The van der Waals surface area contributed by atoms with E-state index in [2.05, 4.69) is 15.3 Å². The van der Waals surface area contributed by atoms with Crippen LogP contribution in [-0.4, -0.2) is 162 Å². The minimum Gasteiger partial charge on any atom is -0.491 e. The Morgan fingerprint density at radius 3 is 2.07 bits per heavy atom. The summed E-state index contributed by atoms with van der Waals surface area (Å²) in [4.78, 5) is 70.2. The summed E-state index contributed by atoms with van der Waals surface area (Å²) in [6.07, 6.45) is 2.68. The lowest BCUT2D eigenvalue weighted by Crippen LogP contribution is -2.54. The van der Waals surface area contributed by atoms with Gasteiger partial charge in [-0.1, -0.05) is 19.1 Å². The van der Waals surface area contributed by atoms with Gasteiger partial charge in [0.25, 0.3) is 11.8 Å². The number of ether oxygens (including phenoxy) is 7. The molecular formula is C51H57F3N6O14S. The number of alkyl halides is 1. The van der Waals surface area contributed by atoms with E-state index in [1.54, 1.807) is 49.7 Å². The number of hydrogen-bond acceptors (Lipinski definition) is 15. The Labute approximate surface area is 430 Å². The van der Waals surface area contributed by atoms with Crippen LogP contribution in [0.4, 0.5) is 18.9 Å². The first kappa shape index (κ1) is 55.9. The van der Waals surface area contributed by atoms with Crippen LogP contribution in [-0.2, 0) is 43.5 Å². The van der Waals surface area contributed by atoms with E-state index in [0.29, 0.717) is 101 Å². The largest absolute Gasteiger partial charge is 0.491 e. The van der Waals surface area contributed by atoms with Crippen molar-refractivity contribution in [2.75, 3.05) is 97.6 Å². The third-order valence-corrected chi connectivity index (χ3v) is 13.4. The van der Waals surface area contributed by atoms with Gasteiger partial charge in [-0.15, -0.1) is 0 Å². The molecular weight excluding hydrogens is 1010 g/mol. The molecule has 0 spiro atoms. The van der Waals surface area contributed by atoms with E-state index in [4.69, 9.17) is 33.2 Å². The first-order valence-corrected chi connectivity index (χ1v) is 25.6. The average Bonchev–Trinajstić information content (AvgIpc) is 4.12. The number of aromatic nitrogens is 2. The summed E-state index contributed by atoms with van der Waals surface area (Å²) in [5, 5.41) is 2.47. The number of aromatic amines is 1. The molecule has 8 rings (SSSR count). The molecule has 3 aromatic carbocycles. The predicted octanol–water partition coefficient (Wildman–Crippen LogP) is 5.41. The van der Waals surface area contributed by atoms with Gasteiger partial charge in [-0.3, -0.25) is 38.9 Å². The monoisotopic (exact) mass is 1070 g/mol. The number of carbonyl (C=O) groups excluding carboxylic acids is 5. The number of benzene rings is 3. The van der Waals surface area contributed by atoms with Gasteiger partial charge in [-0.25, -0.2) is 18.2 Å². The van der Waals surface area contributed by atoms with E-state index in [1.807, 2.05) is 11.6 Å². The second kappa shape index (κ2) is 26.6. The molecule has 2 aromatic heterocycles. The molecule has 5 heterocycles. The number of H-pyrrole nitrogens is 1.